The number of ether oxygens (including phenoxy) is 1. The molecular weight excluding hydrogens is 680 g/mol. The summed E-state index contributed by atoms with van der Waals surface area (Å²) in [7, 11) is 0. The van der Waals surface area contributed by atoms with Crippen molar-refractivity contribution in [1.29, 1.82) is 5.26 Å². The Balaban J connectivity index is 0.000000521. The summed E-state index contributed by atoms with van der Waals surface area (Å²) in [5, 5.41) is 40.5. The van der Waals surface area contributed by atoms with Gasteiger partial charge in [-0.15, -0.1) is 0 Å². The molecule has 1 aromatic heterocycles. The van der Waals surface area contributed by atoms with E-state index in [1.54, 1.807) is 42.5 Å². The maximum atomic E-state index is 12.6. The zero-order valence-corrected chi connectivity index (χ0v) is 26.4. The number of para-hydroxylation sites is 1. The average Bonchev–Trinajstić information content (AvgIpc) is 3.87. The Morgan fingerprint density at radius 3 is 2.12 bits per heavy atom. The zero-order chi connectivity index (χ0) is 37.6. The number of nitriles is 1. The minimum atomic E-state index is -5.08. The Morgan fingerprint density at radius 2 is 1.60 bits per heavy atom. The van der Waals surface area contributed by atoms with Gasteiger partial charge in [0.2, 0.25) is 5.91 Å². The van der Waals surface area contributed by atoms with E-state index in [-0.39, 0.29) is 29.6 Å². The number of anilines is 2. The maximum absolute atomic E-state index is 12.6. The molecule has 3 aromatic rings. The number of hydrogen-bond donors (Lipinski definition) is 6. The number of benzene rings is 2. The number of amides is 1. The lowest BCUT2D eigenvalue weighted by Crippen LogP contribution is -2.28. The summed E-state index contributed by atoms with van der Waals surface area (Å²) >= 11 is 0. The summed E-state index contributed by atoms with van der Waals surface area (Å²) in [4.78, 5) is 34.8. The smallest absolute Gasteiger partial charge is 0.490 e. The lowest BCUT2D eigenvalue weighted by molar-refractivity contribution is -0.193. The van der Waals surface area contributed by atoms with E-state index in [0.717, 1.165) is 32.2 Å². The van der Waals surface area contributed by atoms with Gasteiger partial charge in [0.15, 0.2) is 0 Å². The third kappa shape index (κ3) is 13.1. The van der Waals surface area contributed by atoms with Gasteiger partial charge in [-0.05, 0) is 67.6 Å². The third-order valence-corrected chi connectivity index (χ3v) is 6.55. The van der Waals surface area contributed by atoms with Gasteiger partial charge < -0.3 is 36.4 Å². The van der Waals surface area contributed by atoms with Crippen LogP contribution in [0.2, 0.25) is 0 Å². The Hall–Kier alpha value is -5.57. The molecule has 7 N–H and O–H groups in total. The number of carboxylic acid groups (broad SMARTS) is 2. The van der Waals surface area contributed by atoms with Crippen LogP contribution in [-0.2, 0) is 14.4 Å². The lowest BCUT2D eigenvalue weighted by Gasteiger charge is -2.16. The number of nitrogens with zero attached hydrogens (tertiary/aromatic N) is 2. The SMILES string of the molecule is CCCCNCC(=O)Nc1cc(-c2cc(-c3ccccc3O)nc(N)c2C#N)ccc1OCC1CC1.O=C(O)C(F)(F)F.O=C(O)C(F)(F)F. The van der Waals surface area contributed by atoms with E-state index in [9.17, 15) is 41.5 Å². The average molecular weight is 714 g/mol. The molecule has 12 nitrogen and oxygen atoms in total. The number of rotatable bonds is 11. The van der Waals surface area contributed by atoms with Crippen molar-refractivity contribution in [3.05, 3.63) is 54.1 Å². The number of pyridine rings is 1. The van der Waals surface area contributed by atoms with E-state index in [1.165, 1.54) is 0 Å². The number of nitrogens with two attached hydrogens (primary N) is 1. The minimum Gasteiger partial charge on any atom is -0.507 e. The summed E-state index contributed by atoms with van der Waals surface area (Å²) < 4.78 is 69.5. The van der Waals surface area contributed by atoms with Crippen LogP contribution in [-0.4, -0.2) is 70.2 Å². The molecule has 0 spiro atoms. The summed E-state index contributed by atoms with van der Waals surface area (Å²) in [5.41, 5.74) is 9.07. The first-order chi connectivity index (χ1) is 23.4. The molecule has 1 fully saturated rings. The van der Waals surface area contributed by atoms with Crippen molar-refractivity contribution < 1.29 is 60.8 Å². The highest BCUT2D eigenvalue weighted by molar-refractivity contribution is 5.95. The van der Waals surface area contributed by atoms with E-state index in [1.807, 2.05) is 6.07 Å². The molecule has 0 radical (unpaired) electrons. The molecule has 0 unspecified atom stereocenters. The number of unbranched alkanes of at least 4 members (excludes halogenated alkanes) is 1. The van der Waals surface area contributed by atoms with Crippen LogP contribution in [0.3, 0.4) is 0 Å². The van der Waals surface area contributed by atoms with Crippen molar-refractivity contribution in [1.82, 2.24) is 10.3 Å². The number of carbonyl (C=O) groups is 3. The first kappa shape index (κ1) is 40.6. The number of aliphatic carboxylic acids is 2. The molecule has 1 aliphatic rings. The highest BCUT2D eigenvalue weighted by atomic mass is 19.4. The fraction of sp³-hybridized carbons (Fsp3) is 0.344. The molecule has 0 bridgehead atoms. The fourth-order valence-corrected chi connectivity index (χ4v) is 3.85. The van der Waals surface area contributed by atoms with Crippen LogP contribution in [0.25, 0.3) is 22.4 Å². The lowest BCUT2D eigenvalue weighted by atomic mass is 9.97. The van der Waals surface area contributed by atoms with Crippen molar-refractivity contribution in [3.8, 4) is 40.0 Å². The summed E-state index contributed by atoms with van der Waals surface area (Å²) in [6, 6.07) is 16.1. The van der Waals surface area contributed by atoms with Crippen LogP contribution < -0.4 is 21.1 Å². The number of phenolic OH excluding ortho intramolecular Hbond substituents is 1. The molecule has 2 aromatic carbocycles. The number of halogens is 6. The third-order valence-electron chi connectivity index (χ3n) is 6.55. The summed E-state index contributed by atoms with van der Waals surface area (Å²) in [6.45, 7) is 3.66. The standard InChI is InChI=1S/C28H31N5O3.2C2HF3O2/c1-2-3-12-31-16-27(35)32-24-13-19(10-11-26(24)36-17-18-8-9-18)21-14-23(33-28(30)22(21)15-29)20-6-4-5-7-25(20)34;2*3-2(4,5)1(6)7/h4-7,10-11,13-14,18,31,34H,2-3,8-9,12,16-17H2,1H3,(H2,30,33)(H,32,35);2*(H,6,7). The van der Waals surface area contributed by atoms with Crippen LogP contribution in [0.15, 0.2) is 48.5 Å². The van der Waals surface area contributed by atoms with Crippen molar-refractivity contribution >= 4 is 29.4 Å². The van der Waals surface area contributed by atoms with Crippen molar-refractivity contribution in [3.63, 3.8) is 0 Å². The highest BCUT2D eigenvalue weighted by Crippen LogP contribution is 2.38. The highest BCUT2D eigenvalue weighted by Gasteiger charge is 2.39. The second kappa shape index (κ2) is 18.3. The predicted molar refractivity (Wildman–Crippen MR) is 168 cm³/mol. The van der Waals surface area contributed by atoms with Crippen LogP contribution in [0, 0.1) is 17.2 Å². The minimum absolute atomic E-state index is 0.0624. The molecule has 1 aliphatic carbocycles. The van der Waals surface area contributed by atoms with E-state index in [2.05, 4.69) is 28.6 Å². The molecule has 1 heterocycles. The van der Waals surface area contributed by atoms with Gasteiger partial charge in [-0.3, -0.25) is 4.79 Å². The molecule has 0 aliphatic heterocycles. The van der Waals surface area contributed by atoms with Gasteiger partial charge in [-0.2, -0.15) is 31.6 Å². The van der Waals surface area contributed by atoms with Crippen LogP contribution in [0.1, 0.15) is 38.2 Å². The maximum Gasteiger partial charge on any atom is 0.490 e. The monoisotopic (exact) mass is 713 g/mol. The molecule has 1 amide bonds. The first-order valence-electron chi connectivity index (χ1n) is 14.8. The zero-order valence-electron chi connectivity index (χ0n) is 26.4. The van der Waals surface area contributed by atoms with E-state index >= 15 is 0 Å². The number of aromatic nitrogens is 1. The number of carbonyl (C=O) groups excluding carboxylic acids is 1. The number of hydrogen-bond acceptors (Lipinski definition) is 9. The van der Waals surface area contributed by atoms with Gasteiger partial charge in [0.1, 0.15) is 28.9 Å². The Kier molecular flexibility index (Phi) is 14.8. The van der Waals surface area contributed by atoms with Crippen molar-refractivity contribution in [2.24, 2.45) is 5.92 Å². The number of aromatic hydroxyl groups is 1. The fourth-order valence-electron chi connectivity index (χ4n) is 3.85. The number of nitrogen functional groups attached to an aromatic ring is 1. The van der Waals surface area contributed by atoms with Gasteiger partial charge in [0.25, 0.3) is 0 Å². The largest absolute Gasteiger partial charge is 0.507 e. The van der Waals surface area contributed by atoms with Crippen LogP contribution >= 0.6 is 0 Å². The van der Waals surface area contributed by atoms with Crippen molar-refractivity contribution in [2.45, 2.75) is 45.0 Å². The quantitative estimate of drug-likeness (QED) is 0.101. The molecule has 50 heavy (non-hydrogen) atoms. The first-order valence-corrected chi connectivity index (χ1v) is 14.8. The second-order valence-electron chi connectivity index (χ2n) is 10.6. The molecule has 18 heteroatoms. The summed E-state index contributed by atoms with van der Waals surface area (Å²) in [6.07, 6.45) is -5.82. The van der Waals surface area contributed by atoms with Gasteiger partial charge >= 0.3 is 24.3 Å². The van der Waals surface area contributed by atoms with Crippen LogP contribution in [0.4, 0.5) is 37.8 Å². The van der Waals surface area contributed by atoms with Crippen LogP contribution in [0.5, 0.6) is 11.5 Å². The summed E-state index contributed by atoms with van der Waals surface area (Å²) in [5.74, 6) is -4.44. The molecular formula is C32H33F6N5O7. The molecule has 0 saturated heterocycles. The van der Waals surface area contributed by atoms with Crippen molar-refractivity contribution in [2.75, 3.05) is 30.7 Å². The van der Waals surface area contributed by atoms with Gasteiger partial charge in [-0.25, -0.2) is 14.6 Å². The molecule has 0 atom stereocenters. The molecule has 270 valence electrons. The normalized spacial score (nSPS) is 12.3. The predicted octanol–water partition coefficient (Wildman–Crippen LogP) is 5.96. The molecule has 1 saturated carbocycles. The number of phenols is 1. The second-order valence-corrected chi connectivity index (χ2v) is 10.6. The Bertz CT molecular complexity index is 1670. The van der Waals surface area contributed by atoms with E-state index < -0.39 is 24.3 Å². The van der Waals surface area contributed by atoms with Gasteiger partial charge in [0, 0.05) is 11.1 Å². The van der Waals surface area contributed by atoms with Gasteiger partial charge in [0.05, 0.1) is 24.5 Å². The van der Waals surface area contributed by atoms with Gasteiger partial charge in [-0.1, -0.05) is 31.5 Å². The number of alkyl halides is 6. The number of carboxylic acids is 2. The van der Waals surface area contributed by atoms with E-state index in [4.69, 9.17) is 30.3 Å². The van der Waals surface area contributed by atoms with E-state index in [0.29, 0.717) is 46.3 Å². The Morgan fingerprint density at radius 1 is 1.00 bits per heavy atom. The molecule has 4 rings (SSSR count). The topological polar surface area (TPSA) is 208 Å². The number of nitrogens with one attached hydrogen (secondary N) is 2. The Labute approximate surface area is 281 Å².